The smallest absolute Gasteiger partial charge is 0.0797 e. The minimum Gasteiger partial charge on any atom is -0.373 e. The number of ether oxygens (including phenoxy) is 1. The Kier molecular flexibility index (Phi) is 6.90. The van der Waals surface area contributed by atoms with Crippen LogP contribution in [-0.2, 0) is 4.74 Å². The Labute approximate surface area is 105 Å². The normalized spacial score (nSPS) is 12.9. The van der Waals surface area contributed by atoms with E-state index in [0.717, 1.165) is 25.6 Å². The van der Waals surface area contributed by atoms with Crippen LogP contribution in [0.4, 0.5) is 0 Å². The van der Waals surface area contributed by atoms with Crippen LogP contribution >= 0.6 is 0 Å². The maximum Gasteiger partial charge on any atom is 0.0797 e. The van der Waals surface area contributed by atoms with Crippen molar-refractivity contribution in [2.24, 2.45) is 5.92 Å². The summed E-state index contributed by atoms with van der Waals surface area (Å²) in [5.74, 6) is 0.770. The lowest BCUT2D eigenvalue weighted by Gasteiger charge is -2.14. The lowest BCUT2D eigenvalue weighted by atomic mass is 10.1. The number of rotatable bonds is 8. The van der Waals surface area contributed by atoms with E-state index in [4.69, 9.17) is 4.74 Å². The summed E-state index contributed by atoms with van der Waals surface area (Å²) in [5.41, 5.74) is 1.25. The minimum absolute atomic E-state index is 0.183. The predicted molar refractivity (Wildman–Crippen MR) is 73.1 cm³/mol. The van der Waals surface area contributed by atoms with Crippen molar-refractivity contribution >= 4 is 0 Å². The average Bonchev–Trinajstić information content (AvgIpc) is 2.34. The van der Waals surface area contributed by atoms with Crippen molar-refractivity contribution in [2.45, 2.75) is 33.3 Å². The van der Waals surface area contributed by atoms with Crippen molar-refractivity contribution < 1.29 is 4.74 Å². The Balaban J connectivity index is 2.07. The molecule has 17 heavy (non-hydrogen) atoms. The van der Waals surface area contributed by atoms with Crippen LogP contribution in [0, 0.1) is 5.92 Å². The molecule has 2 nitrogen and oxygen atoms in total. The summed E-state index contributed by atoms with van der Waals surface area (Å²) in [6, 6.07) is 10.4. The van der Waals surface area contributed by atoms with Crippen LogP contribution in [-0.4, -0.2) is 19.7 Å². The van der Waals surface area contributed by atoms with Crippen LogP contribution in [0.25, 0.3) is 0 Å². The van der Waals surface area contributed by atoms with Gasteiger partial charge in [0.15, 0.2) is 0 Å². The van der Waals surface area contributed by atoms with E-state index in [1.54, 1.807) is 0 Å². The van der Waals surface area contributed by atoms with Gasteiger partial charge >= 0.3 is 0 Å². The van der Waals surface area contributed by atoms with Gasteiger partial charge in [-0.05, 0) is 31.4 Å². The number of benzene rings is 1. The molecular weight excluding hydrogens is 210 g/mol. The van der Waals surface area contributed by atoms with Crippen LogP contribution in [0.5, 0.6) is 0 Å². The van der Waals surface area contributed by atoms with Crippen LogP contribution < -0.4 is 5.32 Å². The summed E-state index contributed by atoms with van der Waals surface area (Å²) < 4.78 is 5.77. The molecule has 0 radical (unpaired) electrons. The highest BCUT2D eigenvalue weighted by atomic mass is 16.5. The molecule has 1 N–H and O–H groups in total. The second-order valence-corrected chi connectivity index (χ2v) is 4.86. The molecule has 0 amide bonds. The fraction of sp³-hybridized carbons (Fsp3) is 0.600. The summed E-state index contributed by atoms with van der Waals surface area (Å²) in [7, 11) is 0. The van der Waals surface area contributed by atoms with E-state index in [1.165, 1.54) is 12.0 Å². The van der Waals surface area contributed by atoms with Gasteiger partial charge in [0.1, 0.15) is 0 Å². The lowest BCUT2D eigenvalue weighted by Crippen LogP contribution is -2.22. The molecule has 0 aliphatic rings. The molecule has 1 unspecified atom stereocenters. The van der Waals surface area contributed by atoms with Crippen molar-refractivity contribution in [1.82, 2.24) is 5.32 Å². The maximum absolute atomic E-state index is 5.77. The Morgan fingerprint density at radius 3 is 2.41 bits per heavy atom. The summed E-state index contributed by atoms with van der Waals surface area (Å²) >= 11 is 0. The molecule has 1 aromatic carbocycles. The second kappa shape index (κ2) is 8.26. The number of nitrogens with one attached hydrogen (secondary N) is 1. The number of hydrogen-bond donors (Lipinski definition) is 1. The van der Waals surface area contributed by atoms with Crippen LogP contribution in [0.3, 0.4) is 0 Å². The van der Waals surface area contributed by atoms with Crippen molar-refractivity contribution in [1.29, 1.82) is 0 Å². The predicted octanol–water partition coefficient (Wildman–Crippen LogP) is 3.40. The molecule has 96 valence electrons. The third-order valence-electron chi connectivity index (χ3n) is 2.81. The van der Waals surface area contributed by atoms with Crippen molar-refractivity contribution in [3.05, 3.63) is 35.9 Å². The highest BCUT2D eigenvalue weighted by Gasteiger charge is 2.03. The van der Waals surface area contributed by atoms with Gasteiger partial charge in [-0.3, -0.25) is 0 Å². The molecule has 1 atom stereocenters. The molecule has 1 aromatic rings. The zero-order valence-electron chi connectivity index (χ0n) is 11.3. The monoisotopic (exact) mass is 235 g/mol. The van der Waals surface area contributed by atoms with E-state index in [1.807, 2.05) is 6.07 Å². The van der Waals surface area contributed by atoms with E-state index in [9.17, 15) is 0 Å². The molecule has 0 heterocycles. The topological polar surface area (TPSA) is 21.3 Å². The van der Waals surface area contributed by atoms with Gasteiger partial charge < -0.3 is 10.1 Å². The molecule has 0 bridgehead atoms. The van der Waals surface area contributed by atoms with Crippen molar-refractivity contribution in [2.75, 3.05) is 19.7 Å². The van der Waals surface area contributed by atoms with Gasteiger partial charge in [-0.15, -0.1) is 0 Å². The van der Waals surface area contributed by atoms with Crippen LogP contribution in [0.1, 0.15) is 38.9 Å². The molecule has 0 saturated carbocycles. The number of hydrogen-bond acceptors (Lipinski definition) is 2. The molecule has 1 rings (SSSR count). The van der Waals surface area contributed by atoms with Gasteiger partial charge in [0.2, 0.25) is 0 Å². The Bertz CT molecular complexity index is 284. The Morgan fingerprint density at radius 2 is 1.76 bits per heavy atom. The largest absolute Gasteiger partial charge is 0.373 e. The molecule has 0 fully saturated rings. The summed E-state index contributed by atoms with van der Waals surface area (Å²) in [4.78, 5) is 0. The van der Waals surface area contributed by atoms with Crippen LogP contribution in [0.15, 0.2) is 30.3 Å². The zero-order chi connectivity index (χ0) is 12.5. The molecule has 0 saturated heterocycles. The third kappa shape index (κ3) is 6.44. The van der Waals surface area contributed by atoms with E-state index in [2.05, 4.69) is 50.4 Å². The maximum atomic E-state index is 5.77. The van der Waals surface area contributed by atoms with E-state index < -0.39 is 0 Å². The fourth-order valence-corrected chi connectivity index (χ4v) is 1.64. The first-order chi connectivity index (χ1) is 8.20. The first-order valence-corrected chi connectivity index (χ1v) is 6.57. The van der Waals surface area contributed by atoms with Gasteiger partial charge in [-0.25, -0.2) is 0 Å². The van der Waals surface area contributed by atoms with Crippen molar-refractivity contribution in [3.63, 3.8) is 0 Å². The third-order valence-corrected chi connectivity index (χ3v) is 2.81. The van der Waals surface area contributed by atoms with Gasteiger partial charge in [0.25, 0.3) is 0 Å². The van der Waals surface area contributed by atoms with Gasteiger partial charge in [-0.2, -0.15) is 0 Å². The summed E-state index contributed by atoms with van der Waals surface area (Å²) in [6.45, 7) is 9.38. The Hall–Kier alpha value is -0.860. The quantitative estimate of drug-likeness (QED) is 0.697. The zero-order valence-corrected chi connectivity index (χ0v) is 11.3. The Morgan fingerprint density at radius 1 is 1.06 bits per heavy atom. The first kappa shape index (κ1) is 14.2. The van der Waals surface area contributed by atoms with Gasteiger partial charge in [0, 0.05) is 6.54 Å². The van der Waals surface area contributed by atoms with Crippen LogP contribution in [0.2, 0.25) is 0 Å². The molecular formula is C15H25NO. The average molecular weight is 235 g/mol. The molecule has 0 aliphatic heterocycles. The van der Waals surface area contributed by atoms with E-state index >= 15 is 0 Å². The summed E-state index contributed by atoms with van der Waals surface area (Å²) in [5, 5.41) is 3.40. The second-order valence-electron chi connectivity index (χ2n) is 4.86. The first-order valence-electron chi connectivity index (χ1n) is 6.57. The lowest BCUT2D eigenvalue weighted by molar-refractivity contribution is 0.0677. The highest BCUT2D eigenvalue weighted by Crippen LogP contribution is 2.15. The van der Waals surface area contributed by atoms with E-state index in [-0.39, 0.29) is 6.10 Å². The van der Waals surface area contributed by atoms with Crippen molar-refractivity contribution in [3.8, 4) is 0 Å². The minimum atomic E-state index is 0.183. The molecule has 0 aromatic heterocycles. The molecule has 0 aliphatic carbocycles. The molecule has 0 spiro atoms. The SMILES string of the molecule is CC(C)CCNCCOC(C)c1ccccc1. The molecule has 2 heteroatoms. The summed E-state index contributed by atoms with van der Waals surface area (Å²) in [6.07, 6.45) is 1.41. The fourth-order valence-electron chi connectivity index (χ4n) is 1.64. The van der Waals surface area contributed by atoms with Gasteiger partial charge in [-0.1, -0.05) is 44.2 Å². The van der Waals surface area contributed by atoms with Gasteiger partial charge in [0.05, 0.1) is 12.7 Å². The highest BCUT2D eigenvalue weighted by molar-refractivity contribution is 5.16. The standard InChI is InChI=1S/C15H25NO/c1-13(2)9-10-16-11-12-17-14(3)15-7-5-4-6-8-15/h4-8,13-14,16H,9-12H2,1-3H3. The van der Waals surface area contributed by atoms with E-state index in [0.29, 0.717) is 0 Å².